The lowest BCUT2D eigenvalue weighted by molar-refractivity contribution is -0.112. The number of allylic oxidation sites excluding steroid dienone is 2. The van der Waals surface area contributed by atoms with Crippen molar-refractivity contribution in [2.75, 3.05) is 0 Å². The summed E-state index contributed by atoms with van der Waals surface area (Å²) in [6.45, 7) is 0. The molecule has 2 aliphatic rings. The monoisotopic (exact) mass is 161 g/mol. The molecule has 2 bridgehead atoms. The van der Waals surface area contributed by atoms with E-state index < -0.39 is 0 Å². The molecule has 1 saturated carbocycles. The molecule has 0 aromatic heterocycles. The van der Waals surface area contributed by atoms with E-state index in [-0.39, 0.29) is 5.92 Å². The summed E-state index contributed by atoms with van der Waals surface area (Å²) < 4.78 is 0. The van der Waals surface area contributed by atoms with Crippen LogP contribution in [-0.4, -0.2) is 6.29 Å². The van der Waals surface area contributed by atoms with Crippen molar-refractivity contribution in [1.29, 1.82) is 5.26 Å². The maximum absolute atomic E-state index is 10.7. The van der Waals surface area contributed by atoms with E-state index in [2.05, 4.69) is 18.2 Å². The van der Waals surface area contributed by atoms with Gasteiger partial charge >= 0.3 is 0 Å². The first-order valence-electron chi connectivity index (χ1n) is 4.37. The van der Waals surface area contributed by atoms with Crippen molar-refractivity contribution < 1.29 is 4.79 Å². The Bertz CT molecular complexity index is 264. The number of carbonyl (C=O) groups is 1. The Morgan fingerprint density at radius 1 is 1.50 bits per heavy atom. The molecule has 12 heavy (non-hydrogen) atoms. The van der Waals surface area contributed by atoms with Crippen molar-refractivity contribution in [1.82, 2.24) is 0 Å². The zero-order chi connectivity index (χ0) is 8.55. The molecule has 0 heterocycles. The summed E-state index contributed by atoms with van der Waals surface area (Å²) in [6.07, 6.45) is 6.98. The zero-order valence-corrected chi connectivity index (χ0v) is 6.81. The fraction of sp³-hybridized carbons (Fsp3) is 0.600. The van der Waals surface area contributed by atoms with Gasteiger partial charge in [-0.2, -0.15) is 5.26 Å². The molecule has 62 valence electrons. The van der Waals surface area contributed by atoms with Crippen LogP contribution >= 0.6 is 0 Å². The fourth-order valence-electron chi connectivity index (χ4n) is 2.56. The molecule has 0 spiro atoms. The van der Waals surface area contributed by atoms with Gasteiger partial charge in [-0.05, 0) is 24.2 Å². The van der Waals surface area contributed by atoms with Crippen LogP contribution in [0.25, 0.3) is 0 Å². The molecule has 1 fully saturated rings. The lowest BCUT2D eigenvalue weighted by Gasteiger charge is -2.20. The maximum Gasteiger partial charge on any atom is 0.123 e. The second kappa shape index (κ2) is 2.75. The van der Waals surface area contributed by atoms with Gasteiger partial charge in [0.15, 0.2) is 0 Å². The minimum absolute atomic E-state index is 0.125. The third-order valence-electron chi connectivity index (χ3n) is 3.17. The van der Waals surface area contributed by atoms with Gasteiger partial charge in [-0.1, -0.05) is 12.2 Å². The van der Waals surface area contributed by atoms with Crippen molar-refractivity contribution in [2.24, 2.45) is 23.7 Å². The summed E-state index contributed by atoms with van der Waals surface area (Å²) in [5.74, 6) is 1.37. The average molecular weight is 161 g/mol. The first kappa shape index (κ1) is 7.54. The molecule has 0 aromatic rings. The Balaban J connectivity index is 2.18. The van der Waals surface area contributed by atoms with Gasteiger partial charge in [-0.3, -0.25) is 0 Å². The number of aldehydes is 1. The largest absolute Gasteiger partial charge is 0.303 e. The van der Waals surface area contributed by atoms with Crippen LogP contribution in [0.5, 0.6) is 0 Å². The standard InChI is InChI=1S/C10H11NO/c11-4-3-9-7-1-2-8(5-7)10(9)6-12/h1-2,6-10H,3,5H2. The molecule has 2 aliphatic carbocycles. The Hall–Kier alpha value is -1.10. The number of nitriles is 1. The Morgan fingerprint density at radius 2 is 2.25 bits per heavy atom. The van der Waals surface area contributed by atoms with E-state index in [4.69, 9.17) is 5.26 Å². The summed E-state index contributed by atoms with van der Waals surface area (Å²) in [7, 11) is 0. The first-order valence-corrected chi connectivity index (χ1v) is 4.37. The normalized spacial score (nSPS) is 42.9. The maximum atomic E-state index is 10.7. The molecule has 0 amide bonds. The van der Waals surface area contributed by atoms with E-state index >= 15 is 0 Å². The predicted molar refractivity (Wildman–Crippen MR) is 44.0 cm³/mol. The van der Waals surface area contributed by atoms with E-state index in [1.54, 1.807) is 0 Å². The second-order valence-electron chi connectivity index (χ2n) is 3.69. The van der Waals surface area contributed by atoms with E-state index in [9.17, 15) is 4.79 Å². The Labute approximate surface area is 71.9 Å². The zero-order valence-electron chi connectivity index (χ0n) is 6.81. The first-order chi connectivity index (χ1) is 5.86. The quantitative estimate of drug-likeness (QED) is 0.455. The van der Waals surface area contributed by atoms with E-state index in [1.165, 1.54) is 0 Å². The molecule has 4 unspecified atom stereocenters. The molecule has 0 radical (unpaired) electrons. The van der Waals surface area contributed by atoms with Gasteiger partial charge in [0.2, 0.25) is 0 Å². The molecule has 0 saturated heterocycles. The fourth-order valence-corrected chi connectivity index (χ4v) is 2.56. The summed E-state index contributed by atoms with van der Waals surface area (Å²) in [6, 6.07) is 2.17. The van der Waals surface area contributed by atoms with Crippen molar-refractivity contribution in [3.05, 3.63) is 12.2 Å². The van der Waals surface area contributed by atoms with Gasteiger partial charge in [0, 0.05) is 12.3 Å². The van der Waals surface area contributed by atoms with Crippen molar-refractivity contribution in [3.63, 3.8) is 0 Å². The summed E-state index contributed by atoms with van der Waals surface area (Å²) in [5.41, 5.74) is 0. The number of carbonyl (C=O) groups excluding carboxylic acids is 1. The van der Waals surface area contributed by atoms with Crippen LogP contribution in [0, 0.1) is 35.0 Å². The Morgan fingerprint density at radius 3 is 2.92 bits per heavy atom. The highest BCUT2D eigenvalue weighted by molar-refractivity contribution is 5.57. The topological polar surface area (TPSA) is 40.9 Å². The highest BCUT2D eigenvalue weighted by Gasteiger charge is 2.43. The summed E-state index contributed by atoms with van der Waals surface area (Å²) in [4.78, 5) is 10.7. The third-order valence-corrected chi connectivity index (χ3v) is 3.17. The van der Waals surface area contributed by atoms with Crippen LogP contribution in [0.15, 0.2) is 12.2 Å². The van der Waals surface area contributed by atoms with Crippen molar-refractivity contribution >= 4 is 6.29 Å². The van der Waals surface area contributed by atoms with E-state index in [0.717, 1.165) is 12.7 Å². The Kier molecular flexibility index (Phi) is 1.73. The van der Waals surface area contributed by atoms with Gasteiger partial charge in [-0.25, -0.2) is 0 Å². The number of rotatable bonds is 2. The van der Waals surface area contributed by atoms with Crippen LogP contribution < -0.4 is 0 Å². The van der Waals surface area contributed by atoms with E-state index in [0.29, 0.717) is 24.2 Å². The molecular weight excluding hydrogens is 150 g/mol. The smallest absolute Gasteiger partial charge is 0.123 e. The van der Waals surface area contributed by atoms with Crippen LogP contribution in [0.2, 0.25) is 0 Å². The van der Waals surface area contributed by atoms with Gasteiger partial charge < -0.3 is 4.79 Å². The van der Waals surface area contributed by atoms with Gasteiger partial charge in [0.1, 0.15) is 6.29 Å². The molecule has 0 N–H and O–H groups in total. The van der Waals surface area contributed by atoms with Crippen molar-refractivity contribution in [3.8, 4) is 6.07 Å². The third kappa shape index (κ3) is 0.896. The lowest BCUT2D eigenvalue weighted by Crippen LogP contribution is -2.20. The number of hydrogen-bond donors (Lipinski definition) is 0. The molecule has 0 aliphatic heterocycles. The van der Waals surface area contributed by atoms with Gasteiger partial charge in [0.25, 0.3) is 0 Å². The highest BCUT2D eigenvalue weighted by Crippen LogP contribution is 2.48. The summed E-state index contributed by atoms with van der Waals surface area (Å²) in [5, 5.41) is 8.58. The SMILES string of the molecule is N#CCC1C2C=CC(C2)C1C=O. The van der Waals surface area contributed by atoms with E-state index in [1.807, 2.05) is 0 Å². The van der Waals surface area contributed by atoms with Crippen LogP contribution in [-0.2, 0) is 4.79 Å². The molecule has 2 rings (SSSR count). The van der Waals surface area contributed by atoms with Crippen LogP contribution in [0.4, 0.5) is 0 Å². The molecule has 2 heteroatoms. The van der Waals surface area contributed by atoms with Crippen molar-refractivity contribution in [2.45, 2.75) is 12.8 Å². The number of fused-ring (bicyclic) bond motifs is 2. The minimum atomic E-state index is 0.125. The minimum Gasteiger partial charge on any atom is -0.303 e. The van der Waals surface area contributed by atoms with Crippen LogP contribution in [0.1, 0.15) is 12.8 Å². The molecule has 4 atom stereocenters. The molecule has 2 nitrogen and oxygen atoms in total. The van der Waals surface area contributed by atoms with Gasteiger partial charge in [-0.15, -0.1) is 0 Å². The molecular formula is C10H11NO. The predicted octanol–water partition coefficient (Wildman–Crippen LogP) is 1.54. The second-order valence-corrected chi connectivity index (χ2v) is 3.69. The van der Waals surface area contributed by atoms with Gasteiger partial charge in [0.05, 0.1) is 6.07 Å². The number of hydrogen-bond acceptors (Lipinski definition) is 2. The lowest BCUT2D eigenvalue weighted by atomic mass is 9.82. The summed E-state index contributed by atoms with van der Waals surface area (Å²) >= 11 is 0. The average Bonchev–Trinajstić information content (AvgIpc) is 2.64. The highest BCUT2D eigenvalue weighted by atomic mass is 16.1. The van der Waals surface area contributed by atoms with Crippen LogP contribution in [0.3, 0.4) is 0 Å². The molecule has 0 aromatic carbocycles. The number of nitrogens with zero attached hydrogens (tertiary/aromatic N) is 1.